The van der Waals surface area contributed by atoms with Crippen molar-refractivity contribution in [3.63, 3.8) is 0 Å². The van der Waals surface area contributed by atoms with Crippen molar-refractivity contribution in [2.24, 2.45) is 0 Å². The molecule has 2 amide bonds. The number of aromatic amines is 1. The molecule has 7 nitrogen and oxygen atoms in total. The van der Waals surface area contributed by atoms with E-state index in [-0.39, 0.29) is 11.8 Å². The molecule has 1 aliphatic rings. The van der Waals surface area contributed by atoms with Gasteiger partial charge in [-0.05, 0) is 49.8 Å². The van der Waals surface area contributed by atoms with Crippen LogP contribution in [0.5, 0.6) is 0 Å². The van der Waals surface area contributed by atoms with Crippen molar-refractivity contribution in [2.45, 2.75) is 38.5 Å². The van der Waals surface area contributed by atoms with Gasteiger partial charge in [-0.2, -0.15) is 16.4 Å². The summed E-state index contributed by atoms with van der Waals surface area (Å²) in [6, 6.07) is 7.60. The Morgan fingerprint density at radius 3 is 2.90 bits per heavy atom. The van der Waals surface area contributed by atoms with Gasteiger partial charge in [-0.1, -0.05) is 11.6 Å². The molecular weight excluding hydrogens is 386 g/mol. The van der Waals surface area contributed by atoms with Gasteiger partial charge in [0.2, 0.25) is 5.91 Å². The summed E-state index contributed by atoms with van der Waals surface area (Å²) >= 11 is 1.48. The third-order valence-corrected chi connectivity index (χ3v) is 5.49. The fourth-order valence-electron chi connectivity index (χ4n) is 3.05. The van der Waals surface area contributed by atoms with Crippen molar-refractivity contribution < 1.29 is 9.59 Å². The summed E-state index contributed by atoms with van der Waals surface area (Å²) in [5.41, 5.74) is 3.24. The quantitative estimate of drug-likeness (QED) is 0.492. The van der Waals surface area contributed by atoms with Gasteiger partial charge in [-0.3, -0.25) is 14.7 Å². The first-order valence-electron chi connectivity index (χ1n) is 9.74. The second kappa shape index (κ2) is 8.57. The topological polar surface area (TPSA) is 99.8 Å². The first-order chi connectivity index (χ1) is 14.1. The number of rotatable bonds is 8. The molecule has 1 aromatic carbocycles. The van der Waals surface area contributed by atoms with Gasteiger partial charge in [0, 0.05) is 35.4 Å². The predicted octanol–water partition coefficient (Wildman–Crippen LogP) is 3.87. The second-order valence-electron chi connectivity index (χ2n) is 7.29. The summed E-state index contributed by atoms with van der Waals surface area (Å²) in [6.07, 6.45) is 3.18. The highest BCUT2D eigenvalue weighted by Crippen LogP contribution is 2.39. The Kier molecular flexibility index (Phi) is 5.71. The molecule has 8 heteroatoms. The number of nitrogens with one attached hydrogen (secondary N) is 3. The Labute approximate surface area is 173 Å². The predicted molar refractivity (Wildman–Crippen MR) is 113 cm³/mol. The molecule has 1 fully saturated rings. The third kappa shape index (κ3) is 4.89. The van der Waals surface area contributed by atoms with Crippen molar-refractivity contribution >= 4 is 28.8 Å². The monoisotopic (exact) mass is 409 g/mol. The lowest BCUT2D eigenvalue weighted by atomic mass is 10.1. The summed E-state index contributed by atoms with van der Waals surface area (Å²) in [5.74, 6) is 1.80. The molecular formula is C21H23N5O2S. The minimum atomic E-state index is -0.108. The number of hydrogen-bond donors (Lipinski definition) is 3. The van der Waals surface area contributed by atoms with Crippen LogP contribution in [-0.4, -0.2) is 33.5 Å². The molecule has 0 atom stereocenters. The van der Waals surface area contributed by atoms with Crippen molar-refractivity contribution in [3.8, 4) is 11.4 Å². The Morgan fingerprint density at radius 1 is 1.28 bits per heavy atom. The highest BCUT2D eigenvalue weighted by atomic mass is 32.1. The summed E-state index contributed by atoms with van der Waals surface area (Å²) < 4.78 is 0. The van der Waals surface area contributed by atoms with Crippen LogP contribution in [0.15, 0.2) is 35.0 Å². The molecule has 150 valence electrons. The molecule has 2 aromatic heterocycles. The van der Waals surface area contributed by atoms with E-state index in [0.29, 0.717) is 42.4 Å². The zero-order valence-electron chi connectivity index (χ0n) is 16.2. The van der Waals surface area contributed by atoms with Gasteiger partial charge in [0.25, 0.3) is 5.91 Å². The van der Waals surface area contributed by atoms with Crippen molar-refractivity contribution in [3.05, 3.63) is 52.0 Å². The standard InChI is InChI=1S/C21H23N5O2S/c1-13-4-7-17(16(11-13)20-24-19(25-26-20)14-5-6-14)23-18(27)3-2-9-22-21(28)15-8-10-29-12-15/h4,7-8,10-12,14H,2-3,5-6,9H2,1H3,(H,22,28)(H,23,27)(H,24,25,26). The maximum atomic E-state index is 12.4. The summed E-state index contributed by atoms with van der Waals surface area (Å²) in [5, 5.41) is 16.8. The van der Waals surface area contributed by atoms with Gasteiger partial charge < -0.3 is 10.6 Å². The van der Waals surface area contributed by atoms with Gasteiger partial charge in [0.1, 0.15) is 5.82 Å². The molecule has 4 rings (SSSR count). The zero-order valence-corrected chi connectivity index (χ0v) is 17.0. The lowest BCUT2D eigenvalue weighted by Crippen LogP contribution is -2.25. The van der Waals surface area contributed by atoms with Crippen LogP contribution in [0.4, 0.5) is 5.69 Å². The SMILES string of the molecule is Cc1ccc(NC(=O)CCCNC(=O)c2ccsc2)c(-c2n[nH]c(C3CC3)n2)c1. The largest absolute Gasteiger partial charge is 0.352 e. The van der Waals surface area contributed by atoms with Crippen molar-refractivity contribution in [1.29, 1.82) is 0 Å². The van der Waals surface area contributed by atoms with Crippen molar-refractivity contribution in [2.75, 3.05) is 11.9 Å². The van der Waals surface area contributed by atoms with Crippen LogP contribution in [0.1, 0.15) is 53.3 Å². The smallest absolute Gasteiger partial charge is 0.252 e. The Bertz CT molecular complexity index is 1010. The molecule has 29 heavy (non-hydrogen) atoms. The van der Waals surface area contributed by atoms with Crippen LogP contribution < -0.4 is 10.6 Å². The number of thiophene rings is 1. The Morgan fingerprint density at radius 2 is 2.14 bits per heavy atom. The van der Waals surface area contributed by atoms with Crippen LogP contribution in [0.3, 0.4) is 0 Å². The highest BCUT2D eigenvalue weighted by molar-refractivity contribution is 7.08. The Balaban J connectivity index is 1.33. The second-order valence-corrected chi connectivity index (χ2v) is 8.07. The minimum absolute atomic E-state index is 0.0992. The molecule has 3 N–H and O–H groups in total. The first-order valence-corrected chi connectivity index (χ1v) is 10.7. The normalized spacial score (nSPS) is 13.3. The minimum Gasteiger partial charge on any atom is -0.352 e. The highest BCUT2D eigenvalue weighted by Gasteiger charge is 2.27. The average molecular weight is 410 g/mol. The maximum absolute atomic E-state index is 12.4. The van der Waals surface area contributed by atoms with E-state index < -0.39 is 0 Å². The van der Waals surface area contributed by atoms with E-state index in [0.717, 1.165) is 29.8 Å². The lowest BCUT2D eigenvalue weighted by molar-refractivity contribution is -0.116. The van der Waals surface area contributed by atoms with E-state index >= 15 is 0 Å². The summed E-state index contributed by atoms with van der Waals surface area (Å²) in [6.45, 7) is 2.45. The van der Waals surface area contributed by atoms with Gasteiger partial charge in [-0.25, -0.2) is 4.98 Å². The number of hydrogen-bond acceptors (Lipinski definition) is 5. The molecule has 0 bridgehead atoms. The molecule has 0 saturated heterocycles. The van der Waals surface area contributed by atoms with E-state index in [1.165, 1.54) is 11.3 Å². The van der Waals surface area contributed by atoms with E-state index in [1.54, 1.807) is 11.4 Å². The molecule has 0 radical (unpaired) electrons. The van der Waals surface area contributed by atoms with Gasteiger partial charge in [0.05, 0.1) is 5.69 Å². The molecule has 3 aromatic rings. The number of aryl methyl sites for hydroxylation is 1. The van der Waals surface area contributed by atoms with Gasteiger partial charge >= 0.3 is 0 Å². The van der Waals surface area contributed by atoms with Crippen LogP contribution in [-0.2, 0) is 4.79 Å². The van der Waals surface area contributed by atoms with Crippen LogP contribution in [0, 0.1) is 6.92 Å². The molecule has 1 aliphatic carbocycles. The summed E-state index contributed by atoms with van der Waals surface area (Å²) in [7, 11) is 0. The van der Waals surface area contributed by atoms with E-state index in [2.05, 4.69) is 25.8 Å². The van der Waals surface area contributed by atoms with Crippen LogP contribution >= 0.6 is 11.3 Å². The number of benzene rings is 1. The maximum Gasteiger partial charge on any atom is 0.252 e. The number of aromatic nitrogens is 3. The molecule has 1 saturated carbocycles. The summed E-state index contributed by atoms with van der Waals surface area (Å²) in [4.78, 5) is 28.9. The number of carbonyl (C=O) groups excluding carboxylic acids is 2. The van der Waals surface area contributed by atoms with Crippen LogP contribution in [0.2, 0.25) is 0 Å². The lowest BCUT2D eigenvalue weighted by Gasteiger charge is -2.10. The number of anilines is 1. The van der Waals surface area contributed by atoms with Gasteiger partial charge in [-0.15, -0.1) is 0 Å². The van der Waals surface area contributed by atoms with E-state index in [9.17, 15) is 9.59 Å². The molecule has 0 spiro atoms. The average Bonchev–Trinajstić information content (AvgIpc) is 3.20. The van der Waals surface area contributed by atoms with Crippen molar-refractivity contribution in [1.82, 2.24) is 20.5 Å². The molecule has 0 aliphatic heterocycles. The molecule has 0 unspecified atom stereocenters. The molecule has 2 heterocycles. The fraction of sp³-hybridized carbons (Fsp3) is 0.333. The van der Waals surface area contributed by atoms with Crippen LogP contribution in [0.25, 0.3) is 11.4 Å². The zero-order chi connectivity index (χ0) is 20.2. The van der Waals surface area contributed by atoms with E-state index in [4.69, 9.17) is 0 Å². The first kappa shape index (κ1) is 19.3. The number of H-pyrrole nitrogens is 1. The fourth-order valence-corrected chi connectivity index (χ4v) is 3.68. The van der Waals surface area contributed by atoms with E-state index in [1.807, 2.05) is 30.5 Å². The Hall–Kier alpha value is -3.00. The third-order valence-electron chi connectivity index (χ3n) is 4.81. The number of carbonyl (C=O) groups is 2. The number of nitrogens with zero attached hydrogens (tertiary/aromatic N) is 2. The number of amides is 2. The van der Waals surface area contributed by atoms with Gasteiger partial charge in [0.15, 0.2) is 5.82 Å².